The highest BCUT2D eigenvalue weighted by Gasteiger charge is 2.22. The SMILES string of the molecule is CCOC(=O)c1cn(CC2CCCN(CC)C2)c2ccc(I)cc2c1=O. The van der Waals surface area contributed by atoms with Crippen LogP contribution in [0, 0.1) is 9.49 Å². The van der Waals surface area contributed by atoms with Gasteiger partial charge in [-0.2, -0.15) is 0 Å². The third-order valence-corrected chi connectivity index (χ3v) is 5.71. The summed E-state index contributed by atoms with van der Waals surface area (Å²) in [5, 5.41) is 0.589. The molecular formula is C20H25IN2O3. The molecule has 1 aromatic heterocycles. The van der Waals surface area contributed by atoms with Crippen LogP contribution < -0.4 is 5.43 Å². The molecule has 140 valence electrons. The van der Waals surface area contributed by atoms with E-state index in [0.717, 1.165) is 35.3 Å². The lowest BCUT2D eigenvalue weighted by Gasteiger charge is -2.32. The Labute approximate surface area is 167 Å². The molecule has 0 aliphatic carbocycles. The Morgan fingerprint density at radius 1 is 1.35 bits per heavy atom. The monoisotopic (exact) mass is 468 g/mol. The highest BCUT2D eigenvalue weighted by atomic mass is 127. The second-order valence-corrected chi connectivity index (χ2v) is 8.05. The zero-order valence-corrected chi connectivity index (χ0v) is 17.5. The summed E-state index contributed by atoms with van der Waals surface area (Å²) in [6.45, 7) is 8.29. The van der Waals surface area contributed by atoms with Crippen LogP contribution in [0.5, 0.6) is 0 Å². The minimum Gasteiger partial charge on any atom is -0.462 e. The molecule has 1 unspecified atom stereocenters. The molecule has 6 heteroatoms. The number of benzene rings is 1. The van der Waals surface area contributed by atoms with Crippen LogP contribution >= 0.6 is 22.6 Å². The van der Waals surface area contributed by atoms with E-state index in [1.165, 1.54) is 12.8 Å². The predicted octanol–water partition coefficient (Wildman–Crippen LogP) is 3.51. The van der Waals surface area contributed by atoms with Gasteiger partial charge in [-0.15, -0.1) is 0 Å². The van der Waals surface area contributed by atoms with E-state index in [9.17, 15) is 9.59 Å². The molecule has 26 heavy (non-hydrogen) atoms. The van der Waals surface area contributed by atoms with Crippen molar-refractivity contribution in [3.8, 4) is 0 Å². The van der Waals surface area contributed by atoms with Gasteiger partial charge in [-0.1, -0.05) is 6.92 Å². The first-order valence-electron chi connectivity index (χ1n) is 9.25. The van der Waals surface area contributed by atoms with Crippen LogP contribution in [0.25, 0.3) is 10.9 Å². The number of nitrogens with zero attached hydrogens (tertiary/aromatic N) is 2. The van der Waals surface area contributed by atoms with E-state index in [4.69, 9.17) is 4.74 Å². The quantitative estimate of drug-likeness (QED) is 0.498. The molecule has 1 fully saturated rings. The zero-order valence-electron chi connectivity index (χ0n) is 15.3. The lowest BCUT2D eigenvalue weighted by atomic mass is 9.97. The number of carbonyl (C=O) groups excluding carboxylic acids is 1. The number of esters is 1. The Balaban J connectivity index is 2.04. The summed E-state index contributed by atoms with van der Waals surface area (Å²) in [5.74, 6) is -0.0189. The highest BCUT2D eigenvalue weighted by Crippen LogP contribution is 2.22. The summed E-state index contributed by atoms with van der Waals surface area (Å²) in [6.07, 6.45) is 4.06. The van der Waals surface area contributed by atoms with Gasteiger partial charge in [-0.25, -0.2) is 4.79 Å². The van der Waals surface area contributed by atoms with Crippen LogP contribution in [0.4, 0.5) is 0 Å². The molecule has 0 saturated carbocycles. The van der Waals surface area contributed by atoms with Crippen LogP contribution in [-0.2, 0) is 11.3 Å². The third kappa shape index (κ3) is 4.11. The Hall–Kier alpha value is -1.41. The molecule has 0 radical (unpaired) electrons. The second-order valence-electron chi connectivity index (χ2n) is 6.81. The molecular weight excluding hydrogens is 443 g/mol. The van der Waals surface area contributed by atoms with Gasteiger partial charge in [0, 0.05) is 28.2 Å². The van der Waals surface area contributed by atoms with Crippen molar-refractivity contribution in [3.63, 3.8) is 0 Å². The average molecular weight is 468 g/mol. The van der Waals surface area contributed by atoms with E-state index < -0.39 is 5.97 Å². The fraction of sp³-hybridized carbons (Fsp3) is 0.500. The molecule has 1 atom stereocenters. The molecule has 0 bridgehead atoms. The smallest absolute Gasteiger partial charge is 0.343 e. The standard InChI is InChI=1S/C20H25IN2O3/c1-3-22-9-5-6-14(11-22)12-23-13-17(20(25)26-4-2)19(24)16-10-15(21)7-8-18(16)23/h7-8,10,13-14H,3-6,9,11-12H2,1-2H3. The maximum Gasteiger partial charge on any atom is 0.343 e. The van der Waals surface area contributed by atoms with E-state index in [-0.39, 0.29) is 17.6 Å². The minimum absolute atomic E-state index is 0.129. The van der Waals surface area contributed by atoms with Crippen molar-refractivity contribution < 1.29 is 9.53 Å². The maximum atomic E-state index is 12.8. The fourth-order valence-corrected chi connectivity index (χ4v) is 4.23. The molecule has 0 amide bonds. The van der Waals surface area contributed by atoms with Gasteiger partial charge in [0.1, 0.15) is 5.56 Å². The molecule has 2 heterocycles. The van der Waals surface area contributed by atoms with Crippen LogP contribution in [0.3, 0.4) is 0 Å². The van der Waals surface area contributed by atoms with Gasteiger partial charge in [0.25, 0.3) is 0 Å². The van der Waals surface area contributed by atoms with Crippen molar-refractivity contribution in [2.45, 2.75) is 33.2 Å². The van der Waals surface area contributed by atoms with Gasteiger partial charge in [0.2, 0.25) is 5.43 Å². The summed E-state index contributed by atoms with van der Waals surface area (Å²) in [5.41, 5.74) is 0.772. The number of likely N-dealkylation sites (tertiary alicyclic amines) is 1. The first kappa shape index (κ1) is 19.4. The number of hydrogen-bond acceptors (Lipinski definition) is 4. The first-order valence-corrected chi connectivity index (χ1v) is 10.3. The molecule has 0 N–H and O–H groups in total. The van der Waals surface area contributed by atoms with Crippen molar-refractivity contribution in [2.75, 3.05) is 26.2 Å². The maximum absolute atomic E-state index is 12.8. The van der Waals surface area contributed by atoms with Gasteiger partial charge in [0.05, 0.1) is 12.1 Å². The Kier molecular flexibility index (Phi) is 6.34. The van der Waals surface area contributed by atoms with Crippen molar-refractivity contribution in [3.05, 3.63) is 43.8 Å². The summed E-state index contributed by atoms with van der Waals surface area (Å²) >= 11 is 2.19. The van der Waals surface area contributed by atoms with Crippen LogP contribution in [0.1, 0.15) is 37.0 Å². The van der Waals surface area contributed by atoms with Gasteiger partial charge in [0.15, 0.2) is 0 Å². The lowest BCUT2D eigenvalue weighted by Crippen LogP contribution is -2.37. The molecule has 1 aliphatic rings. The van der Waals surface area contributed by atoms with Gasteiger partial charge < -0.3 is 14.2 Å². The van der Waals surface area contributed by atoms with E-state index in [2.05, 4.69) is 39.0 Å². The van der Waals surface area contributed by atoms with Crippen molar-refractivity contribution in [2.24, 2.45) is 5.92 Å². The summed E-state index contributed by atoms with van der Waals surface area (Å²) in [7, 11) is 0. The van der Waals surface area contributed by atoms with Crippen LogP contribution in [0.15, 0.2) is 29.2 Å². The van der Waals surface area contributed by atoms with Gasteiger partial charge in [-0.3, -0.25) is 4.79 Å². The topological polar surface area (TPSA) is 51.5 Å². The molecule has 1 aromatic carbocycles. The van der Waals surface area contributed by atoms with Crippen molar-refractivity contribution in [1.29, 1.82) is 0 Å². The number of hydrogen-bond donors (Lipinski definition) is 0. The van der Waals surface area contributed by atoms with E-state index >= 15 is 0 Å². The normalized spacial score (nSPS) is 18.2. The Morgan fingerprint density at radius 3 is 2.88 bits per heavy atom. The minimum atomic E-state index is -0.536. The largest absolute Gasteiger partial charge is 0.462 e. The van der Waals surface area contributed by atoms with Crippen molar-refractivity contribution >= 4 is 39.5 Å². The molecule has 1 aliphatic heterocycles. The molecule has 3 rings (SSSR count). The summed E-state index contributed by atoms with van der Waals surface area (Å²) < 4.78 is 8.16. The number of carbonyl (C=O) groups is 1. The molecule has 1 saturated heterocycles. The van der Waals surface area contributed by atoms with E-state index in [0.29, 0.717) is 11.3 Å². The number of rotatable bonds is 5. The molecule has 0 spiro atoms. The average Bonchev–Trinajstić information content (AvgIpc) is 2.64. The Morgan fingerprint density at radius 2 is 2.15 bits per heavy atom. The van der Waals surface area contributed by atoms with Gasteiger partial charge >= 0.3 is 5.97 Å². The number of aromatic nitrogens is 1. The Bertz CT molecular complexity index is 862. The molecule has 2 aromatic rings. The highest BCUT2D eigenvalue weighted by molar-refractivity contribution is 14.1. The van der Waals surface area contributed by atoms with Crippen LogP contribution in [0.2, 0.25) is 0 Å². The summed E-state index contributed by atoms with van der Waals surface area (Å²) in [4.78, 5) is 27.6. The van der Waals surface area contributed by atoms with E-state index in [1.807, 2.05) is 18.2 Å². The fourth-order valence-electron chi connectivity index (χ4n) is 3.74. The van der Waals surface area contributed by atoms with Gasteiger partial charge in [-0.05, 0) is 79.6 Å². The lowest BCUT2D eigenvalue weighted by molar-refractivity contribution is 0.0524. The molecule has 5 nitrogen and oxygen atoms in total. The number of ether oxygens (including phenoxy) is 1. The first-order chi connectivity index (χ1) is 12.5. The third-order valence-electron chi connectivity index (χ3n) is 5.04. The van der Waals surface area contributed by atoms with Crippen molar-refractivity contribution in [1.82, 2.24) is 9.47 Å². The van der Waals surface area contributed by atoms with E-state index in [1.54, 1.807) is 13.1 Å². The predicted molar refractivity (Wildman–Crippen MR) is 112 cm³/mol. The number of fused-ring (bicyclic) bond motifs is 1. The number of pyridine rings is 1. The van der Waals surface area contributed by atoms with Crippen LogP contribution in [-0.4, -0.2) is 41.7 Å². The number of halogens is 1. The number of piperidine rings is 1. The second kappa shape index (κ2) is 8.52. The zero-order chi connectivity index (χ0) is 18.7. The summed E-state index contributed by atoms with van der Waals surface area (Å²) in [6, 6.07) is 5.84.